The minimum Gasteiger partial charge on any atom is -0.508 e. The van der Waals surface area contributed by atoms with Crippen molar-refractivity contribution in [3.8, 4) is 17.0 Å². The molecular formula is C15H12N4O2S. The van der Waals surface area contributed by atoms with Crippen molar-refractivity contribution in [2.24, 2.45) is 0 Å². The molecule has 0 bridgehead atoms. The third kappa shape index (κ3) is 2.94. The minimum absolute atomic E-state index is 0.247. The van der Waals surface area contributed by atoms with E-state index in [1.165, 1.54) is 29.9 Å². The van der Waals surface area contributed by atoms with Crippen molar-refractivity contribution in [3.05, 3.63) is 53.4 Å². The standard InChI is InChI=1S/C15H12N4O2S/c1-9-6-10(2-3-13(9)20)12-7-22-15(18-12)19-14(21)11-4-5-16-8-17-11/h2-8,20H,1H3,(H,18,19,21). The summed E-state index contributed by atoms with van der Waals surface area (Å²) in [5, 5.41) is 14.6. The van der Waals surface area contributed by atoms with Gasteiger partial charge < -0.3 is 5.11 Å². The van der Waals surface area contributed by atoms with Crippen LogP contribution in [0.1, 0.15) is 16.1 Å². The van der Waals surface area contributed by atoms with Crippen LogP contribution in [0.3, 0.4) is 0 Å². The normalized spacial score (nSPS) is 10.4. The number of aromatic nitrogens is 3. The smallest absolute Gasteiger partial charge is 0.276 e. The van der Waals surface area contributed by atoms with Crippen molar-refractivity contribution in [2.75, 3.05) is 5.32 Å². The molecule has 0 atom stereocenters. The maximum absolute atomic E-state index is 12.0. The van der Waals surface area contributed by atoms with Crippen LogP contribution in [-0.2, 0) is 0 Å². The molecule has 2 aromatic heterocycles. The second-order valence-corrected chi connectivity index (χ2v) is 5.45. The molecule has 6 nitrogen and oxygen atoms in total. The van der Waals surface area contributed by atoms with E-state index in [1.807, 2.05) is 18.4 Å². The Morgan fingerprint density at radius 3 is 2.91 bits per heavy atom. The van der Waals surface area contributed by atoms with Gasteiger partial charge in [-0.1, -0.05) is 0 Å². The summed E-state index contributed by atoms with van der Waals surface area (Å²) in [5.41, 5.74) is 2.68. The van der Waals surface area contributed by atoms with Gasteiger partial charge in [0.1, 0.15) is 17.8 Å². The van der Waals surface area contributed by atoms with E-state index in [9.17, 15) is 9.90 Å². The van der Waals surface area contributed by atoms with Gasteiger partial charge in [-0.2, -0.15) is 0 Å². The van der Waals surface area contributed by atoms with E-state index in [2.05, 4.69) is 20.3 Å². The number of hydrogen-bond acceptors (Lipinski definition) is 6. The van der Waals surface area contributed by atoms with Gasteiger partial charge >= 0.3 is 0 Å². The Morgan fingerprint density at radius 2 is 2.18 bits per heavy atom. The fraction of sp³-hybridized carbons (Fsp3) is 0.0667. The minimum atomic E-state index is -0.329. The lowest BCUT2D eigenvalue weighted by Gasteiger charge is -2.02. The Morgan fingerprint density at radius 1 is 1.32 bits per heavy atom. The number of phenolic OH excluding ortho intramolecular Hbond substituents is 1. The lowest BCUT2D eigenvalue weighted by molar-refractivity contribution is 0.102. The Labute approximate surface area is 130 Å². The van der Waals surface area contributed by atoms with Gasteiger partial charge in [0.15, 0.2) is 5.13 Å². The number of anilines is 1. The number of phenols is 1. The quantitative estimate of drug-likeness (QED) is 0.776. The molecule has 3 aromatic rings. The third-order valence-electron chi connectivity index (χ3n) is 3.03. The average molecular weight is 312 g/mol. The van der Waals surface area contributed by atoms with Gasteiger partial charge in [0.2, 0.25) is 0 Å². The van der Waals surface area contributed by atoms with E-state index in [1.54, 1.807) is 12.1 Å². The zero-order chi connectivity index (χ0) is 15.5. The third-order valence-corrected chi connectivity index (χ3v) is 3.79. The summed E-state index contributed by atoms with van der Waals surface area (Å²) >= 11 is 1.33. The first kappa shape index (κ1) is 14.2. The van der Waals surface area contributed by atoms with Gasteiger partial charge in [-0.3, -0.25) is 10.1 Å². The van der Waals surface area contributed by atoms with Crippen molar-refractivity contribution >= 4 is 22.4 Å². The molecule has 2 N–H and O–H groups in total. The van der Waals surface area contributed by atoms with Crippen LogP contribution < -0.4 is 5.32 Å². The number of aryl methyl sites for hydroxylation is 1. The van der Waals surface area contributed by atoms with Crippen molar-refractivity contribution in [1.29, 1.82) is 0 Å². The lowest BCUT2D eigenvalue weighted by atomic mass is 10.1. The molecule has 0 aliphatic carbocycles. The Kier molecular flexibility index (Phi) is 3.80. The number of carbonyl (C=O) groups is 1. The number of amides is 1. The van der Waals surface area contributed by atoms with Crippen molar-refractivity contribution < 1.29 is 9.90 Å². The number of hydrogen-bond donors (Lipinski definition) is 2. The van der Waals surface area contributed by atoms with Crippen molar-refractivity contribution in [1.82, 2.24) is 15.0 Å². The molecule has 7 heteroatoms. The SMILES string of the molecule is Cc1cc(-c2csc(NC(=O)c3ccncn3)n2)ccc1O. The fourth-order valence-corrected chi connectivity index (χ4v) is 2.58. The first-order valence-electron chi connectivity index (χ1n) is 6.46. The van der Waals surface area contributed by atoms with E-state index in [0.717, 1.165) is 16.8 Å². The van der Waals surface area contributed by atoms with Crippen LogP contribution in [0.25, 0.3) is 11.3 Å². The van der Waals surface area contributed by atoms with Crippen LogP contribution >= 0.6 is 11.3 Å². The van der Waals surface area contributed by atoms with Gasteiger partial charge in [0.05, 0.1) is 5.69 Å². The van der Waals surface area contributed by atoms with E-state index >= 15 is 0 Å². The van der Waals surface area contributed by atoms with Gasteiger partial charge in [0.25, 0.3) is 5.91 Å². The Hall–Kier alpha value is -2.80. The van der Waals surface area contributed by atoms with E-state index < -0.39 is 0 Å². The van der Waals surface area contributed by atoms with Gasteiger partial charge in [-0.25, -0.2) is 15.0 Å². The molecule has 3 rings (SSSR count). The summed E-state index contributed by atoms with van der Waals surface area (Å²) in [7, 11) is 0. The molecule has 1 amide bonds. The molecule has 0 radical (unpaired) electrons. The zero-order valence-corrected chi connectivity index (χ0v) is 12.5. The Balaban J connectivity index is 1.79. The predicted molar refractivity (Wildman–Crippen MR) is 83.9 cm³/mol. The summed E-state index contributed by atoms with van der Waals surface area (Å²) in [5.74, 6) is -0.0820. The molecule has 22 heavy (non-hydrogen) atoms. The molecule has 0 saturated heterocycles. The zero-order valence-electron chi connectivity index (χ0n) is 11.6. The van der Waals surface area contributed by atoms with Crippen molar-refractivity contribution in [3.63, 3.8) is 0 Å². The fourth-order valence-electron chi connectivity index (χ4n) is 1.86. The highest BCUT2D eigenvalue weighted by Gasteiger charge is 2.11. The lowest BCUT2D eigenvalue weighted by Crippen LogP contribution is -2.13. The highest BCUT2D eigenvalue weighted by atomic mass is 32.1. The van der Waals surface area contributed by atoms with Gasteiger partial charge in [-0.15, -0.1) is 11.3 Å². The van der Waals surface area contributed by atoms with Crippen molar-refractivity contribution in [2.45, 2.75) is 6.92 Å². The summed E-state index contributed by atoms with van der Waals surface area (Å²) in [6.45, 7) is 1.82. The van der Waals surface area contributed by atoms with E-state index in [0.29, 0.717) is 5.13 Å². The number of rotatable bonds is 3. The number of nitrogens with one attached hydrogen (secondary N) is 1. The second kappa shape index (κ2) is 5.90. The molecule has 0 fully saturated rings. The van der Waals surface area contributed by atoms with Crippen LogP contribution in [0, 0.1) is 6.92 Å². The monoisotopic (exact) mass is 312 g/mol. The number of benzene rings is 1. The number of thiazole rings is 1. The summed E-state index contributed by atoms with van der Waals surface area (Å²) in [6, 6.07) is 6.80. The second-order valence-electron chi connectivity index (χ2n) is 4.59. The maximum atomic E-state index is 12.0. The van der Waals surface area contributed by atoms with Gasteiger partial charge in [0, 0.05) is 17.1 Å². The number of aromatic hydroxyl groups is 1. The number of nitrogens with zero attached hydrogens (tertiary/aromatic N) is 3. The molecule has 0 spiro atoms. The van der Waals surface area contributed by atoms with E-state index in [4.69, 9.17) is 0 Å². The van der Waals surface area contributed by atoms with E-state index in [-0.39, 0.29) is 17.4 Å². The molecule has 1 aromatic carbocycles. The summed E-state index contributed by atoms with van der Waals surface area (Å²) in [6.07, 6.45) is 2.83. The highest BCUT2D eigenvalue weighted by Crippen LogP contribution is 2.28. The molecular weight excluding hydrogens is 300 g/mol. The molecule has 0 aliphatic heterocycles. The topological polar surface area (TPSA) is 88.0 Å². The Bertz CT molecular complexity index is 817. The first-order chi connectivity index (χ1) is 10.6. The van der Waals surface area contributed by atoms with Crippen LogP contribution in [0.5, 0.6) is 5.75 Å². The first-order valence-corrected chi connectivity index (χ1v) is 7.34. The van der Waals surface area contributed by atoms with Crippen LogP contribution in [-0.4, -0.2) is 26.0 Å². The molecule has 110 valence electrons. The molecule has 0 unspecified atom stereocenters. The average Bonchev–Trinajstić information content (AvgIpc) is 2.99. The molecule has 2 heterocycles. The van der Waals surface area contributed by atoms with Crippen LogP contribution in [0.4, 0.5) is 5.13 Å². The summed E-state index contributed by atoms with van der Waals surface area (Å²) < 4.78 is 0. The molecule has 0 aliphatic rings. The van der Waals surface area contributed by atoms with Crippen LogP contribution in [0.15, 0.2) is 42.2 Å². The predicted octanol–water partition coefficient (Wildman–Crippen LogP) is 2.87. The molecule has 0 saturated carbocycles. The highest BCUT2D eigenvalue weighted by molar-refractivity contribution is 7.14. The van der Waals surface area contributed by atoms with Gasteiger partial charge in [-0.05, 0) is 36.8 Å². The van der Waals surface area contributed by atoms with Crippen LogP contribution in [0.2, 0.25) is 0 Å². The summed E-state index contributed by atoms with van der Waals surface area (Å²) in [4.78, 5) is 24.0. The largest absolute Gasteiger partial charge is 0.508 e. The number of carbonyl (C=O) groups excluding carboxylic acids is 1. The maximum Gasteiger partial charge on any atom is 0.276 e.